The molecule has 0 radical (unpaired) electrons. The molecule has 1 fully saturated rings. The number of amides is 1. The van der Waals surface area contributed by atoms with Crippen LogP contribution in [0, 0.1) is 26.7 Å². The number of hydrogen-bond acceptors (Lipinski definition) is 2. The fraction of sp³-hybridized carbons (Fsp3) is 0.533. The number of aryl methyl sites for hydroxylation is 1. The topological polar surface area (TPSA) is 41.1 Å². The summed E-state index contributed by atoms with van der Waals surface area (Å²) in [5.41, 5.74) is 4.67. The summed E-state index contributed by atoms with van der Waals surface area (Å²) in [6, 6.07) is 4.08. The van der Waals surface area contributed by atoms with Crippen LogP contribution in [0.2, 0.25) is 0 Å². The Bertz CT molecular complexity index is 448. The van der Waals surface area contributed by atoms with E-state index in [4.69, 9.17) is 0 Å². The third kappa shape index (κ3) is 2.72. The van der Waals surface area contributed by atoms with Gasteiger partial charge in [0.25, 0.3) is 0 Å². The third-order valence-corrected chi connectivity index (χ3v) is 4.03. The first kappa shape index (κ1) is 13.1. The zero-order valence-electron chi connectivity index (χ0n) is 11.5. The highest BCUT2D eigenvalue weighted by Gasteiger charge is 2.21. The van der Waals surface area contributed by atoms with Crippen molar-refractivity contribution in [2.45, 2.75) is 33.6 Å². The second-order valence-corrected chi connectivity index (χ2v) is 5.19. The van der Waals surface area contributed by atoms with E-state index in [0.717, 1.165) is 31.6 Å². The van der Waals surface area contributed by atoms with Gasteiger partial charge in [0.05, 0.1) is 0 Å². The highest BCUT2D eigenvalue weighted by molar-refractivity contribution is 5.93. The highest BCUT2D eigenvalue weighted by Crippen LogP contribution is 2.23. The van der Waals surface area contributed by atoms with Gasteiger partial charge in [0.2, 0.25) is 5.91 Å². The molecule has 2 N–H and O–H groups in total. The molecular weight excluding hydrogens is 224 g/mol. The molecule has 1 aliphatic heterocycles. The molecule has 1 aliphatic rings. The first-order valence-corrected chi connectivity index (χ1v) is 6.68. The Morgan fingerprint density at radius 3 is 2.50 bits per heavy atom. The second kappa shape index (κ2) is 5.53. The zero-order chi connectivity index (χ0) is 13.1. The van der Waals surface area contributed by atoms with E-state index in [0.29, 0.717) is 0 Å². The lowest BCUT2D eigenvalue weighted by Gasteiger charge is -2.22. The largest absolute Gasteiger partial charge is 0.326 e. The van der Waals surface area contributed by atoms with E-state index in [2.05, 4.69) is 37.5 Å². The van der Waals surface area contributed by atoms with E-state index in [-0.39, 0.29) is 11.8 Å². The predicted molar refractivity (Wildman–Crippen MR) is 74.9 cm³/mol. The van der Waals surface area contributed by atoms with Crippen molar-refractivity contribution in [3.05, 3.63) is 28.8 Å². The summed E-state index contributed by atoms with van der Waals surface area (Å²) < 4.78 is 0. The maximum absolute atomic E-state index is 12.2. The van der Waals surface area contributed by atoms with Crippen LogP contribution in [0.25, 0.3) is 0 Å². The Balaban J connectivity index is 2.09. The van der Waals surface area contributed by atoms with Crippen molar-refractivity contribution in [3.63, 3.8) is 0 Å². The van der Waals surface area contributed by atoms with Crippen LogP contribution >= 0.6 is 0 Å². The van der Waals surface area contributed by atoms with Crippen molar-refractivity contribution in [1.29, 1.82) is 0 Å². The molecule has 0 spiro atoms. The van der Waals surface area contributed by atoms with Crippen molar-refractivity contribution in [3.8, 4) is 0 Å². The number of anilines is 1. The average Bonchev–Trinajstić information content (AvgIpc) is 2.40. The molecule has 0 atom stereocenters. The van der Waals surface area contributed by atoms with Gasteiger partial charge in [-0.15, -0.1) is 0 Å². The molecule has 18 heavy (non-hydrogen) atoms. The number of rotatable bonds is 2. The molecule has 0 saturated carbocycles. The van der Waals surface area contributed by atoms with Gasteiger partial charge >= 0.3 is 0 Å². The molecule has 2 rings (SSSR count). The second-order valence-electron chi connectivity index (χ2n) is 5.19. The molecule has 1 aromatic carbocycles. The summed E-state index contributed by atoms with van der Waals surface area (Å²) in [7, 11) is 0. The molecule has 98 valence electrons. The third-order valence-electron chi connectivity index (χ3n) is 4.03. The summed E-state index contributed by atoms with van der Waals surface area (Å²) in [5.74, 6) is 0.329. The van der Waals surface area contributed by atoms with E-state index >= 15 is 0 Å². The summed E-state index contributed by atoms with van der Waals surface area (Å²) in [6.07, 6.45) is 1.88. The molecule has 3 nitrogen and oxygen atoms in total. The number of hydrogen-bond donors (Lipinski definition) is 2. The van der Waals surface area contributed by atoms with Gasteiger partial charge in [-0.25, -0.2) is 0 Å². The van der Waals surface area contributed by atoms with Crippen LogP contribution in [0.1, 0.15) is 29.5 Å². The first-order valence-electron chi connectivity index (χ1n) is 6.68. The summed E-state index contributed by atoms with van der Waals surface area (Å²) in [4.78, 5) is 12.2. The van der Waals surface area contributed by atoms with E-state index in [1.54, 1.807) is 0 Å². The SMILES string of the molecule is Cc1ccc(NC(=O)C2CCNCC2)c(C)c1C. The normalized spacial score (nSPS) is 16.6. The van der Waals surface area contributed by atoms with Crippen LogP contribution in [0.5, 0.6) is 0 Å². The van der Waals surface area contributed by atoms with Gasteiger partial charge in [-0.2, -0.15) is 0 Å². The Hall–Kier alpha value is -1.35. The first-order chi connectivity index (χ1) is 8.59. The van der Waals surface area contributed by atoms with Gasteiger partial charge in [-0.1, -0.05) is 6.07 Å². The molecule has 1 heterocycles. The van der Waals surface area contributed by atoms with Gasteiger partial charge in [0, 0.05) is 11.6 Å². The Morgan fingerprint density at radius 1 is 1.17 bits per heavy atom. The van der Waals surface area contributed by atoms with Crippen LogP contribution < -0.4 is 10.6 Å². The molecule has 1 amide bonds. The van der Waals surface area contributed by atoms with Crippen LogP contribution in [-0.2, 0) is 4.79 Å². The average molecular weight is 246 g/mol. The predicted octanol–water partition coefficient (Wildman–Crippen LogP) is 2.55. The maximum Gasteiger partial charge on any atom is 0.227 e. The van der Waals surface area contributed by atoms with Crippen molar-refractivity contribution in [2.75, 3.05) is 18.4 Å². The minimum atomic E-state index is 0.159. The Labute approximate surface area is 109 Å². The Morgan fingerprint density at radius 2 is 1.83 bits per heavy atom. The van der Waals surface area contributed by atoms with Gasteiger partial charge in [0.1, 0.15) is 0 Å². The monoisotopic (exact) mass is 246 g/mol. The lowest BCUT2D eigenvalue weighted by molar-refractivity contribution is -0.120. The van der Waals surface area contributed by atoms with Crippen LogP contribution in [0.4, 0.5) is 5.69 Å². The summed E-state index contributed by atoms with van der Waals surface area (Å²) in [6.45, 7) is 8.17. The number of piperidine rings is 1. The molecule has 1 aromatic rings. The molecule has 0 bridgehead atoms. The standard InChI is InChI=1S/C15H22N2O/c1-10-4-5-14(12(3)11(10)2)17-15(18)13-6-8-16-9-7-13/h4-5,13,16H,6-9H2,1-3H3,(H,17,18). The fourth-order valence-corrected chi connectivity index (χ4v) is 2.41. The smallest absolute Gasteiger partial charge is 0.227 e. The molecule has 3 heteroatoms. The Kier molecular flexibility index (Phi) is 4.02. The van der Waals surface area contributed by atoms with Crippen molar-refractivity contribution >= 4 is 11.6 Å². The van der Waals surface area contributed by atoms with Gasteiger partial charge in [-0.3, -0.25) is 4.79 Å². The van der Waals surface area contributed by atoms with Crippen molar-refractivity contribution in [2.24, 2.45) is 5.92 Å². The number of carbonyl (C=O) groups excluding carboxylic acids is 1. The van der Waals surface area contributed by atoms with E-state index in [1.807, 2.05) is 6.07 Å². The molecule has 1 saturated heterocycles. The van der Waals surface area contributed by atoms with Crippen molar-refractivity contribution in [1.82, 2.24) is 5.32 Å². The lowest BCUT2D eigenvalue weighted by Crippen LogP contribution is -2.34. The van der Waals surface area contributed by atoms with Gasteiger partial charge in [0.15, 0.2) is 0 Å². The lowest BCUT2D eigenvalue weighted by atomic mass is 9.96. The molecule has 0 aliphatic carbocycles. The van der Waals surface area contributed by atoms with Crippen LogP contribution in [-0.4, -0.2) is 19.0 Å². The van der Waals surface area contributed by atoms with Gasteiger partial charge < -0.3 is 10.6 Å². The number of nitrogens with one attached hydrogen (secondary N) is 2. The van der Waals surface area contributed by atoms with Crippen molar-refractivity contribution < 1.29 is 4.79 Å². The summed E-state index contributed by atoms with van der Waals surface area (Å²) in [5, 5.41) is 6.36. The van der Waals surface area contributed by atoms with Crippen LogP contribution in [0.3, 0.4) is 0 Å². The van der Waals surface area contributed by atoms with E-state index in [1.165, 1.54) is 16.7 Å². The summed E-state index contributed by atoms with van der Waals surface area (Å²) >= 11 is 0. The van der Waals surface area contributed by atoms with Crippen LogP contribution in [0.15, 0.2) is 12.1 Å². The number of benzene rings is 1. The van der Waals surface area contributed by atoms with Gasteiger partial charge in [-0.05, 0) is 69.5 Å². The minimum absolute atomic E-state index is 0.159. The minimum Gasteiger partial charge on any atom is -0.326 e. The highest BCUT2D eigenvalue weighted by atomic mass is 16.1. The van der Waals surface area contributed by atoms with E-state index < -0.39 is 0 Å². The maximum atomic E-state index is 12.2. The van der Waals surface area contributed by atoms with E-state index in [9.17, 15) is 4.79 Å². The zero-order valence-corrected chi connectivity index (χ0v) is 11.5. The number of carbonyl (C=O) groups is 1. The molecular formula is C15H22N2O. The fourth-order valence-electron chi connectivity index (χ4n) is 2.41. The molecule has 0 unspecified atom stereocenters. The molecule has 0 aromatic heterocycles. The quantitative estimate of drug-likeness (QED) is 0.842.